The predicted molar refractivity (Wildman–Crippen MR) is 48.8 cm³/mol. The summed E-state index contributed by atoms with van der Waals surface area (Å²) in [7, 11) is 0. The third kappa shape index (κ3) is 0.507. The standard InChI is InChI=1S/C9H13NOS/c1-5-6-7(11)10-4-8(2,3)12-9(5,6)10/h5-6H,4H2,1-3H3/t5-,6-,9?/m0/s1. The molecule has 2 aliphatic heterocycles. The van der Waals surface area contributed by atoms with Crippen molar-refractivity contribution >= 4 is 17.7 Å². The molecule has 1 saturated carbocycles. The molecule has 3 rings (SSSR count). The van der Waals surface area contributed by atoms with Crippen LogP contribution in [0.15, 0.2) is 0 Å². The van der Waals surface area contributed by atoms with Crippen LogP contribution in [0.3, 0.4) is 0 Å². The van der Waals surface area contributed by atoms with E-state index in [-0.39, 0.29) is 9.62 Å². The Labute approximate surface area is 76.7 Å². The third-order valence-corrected chi connectivity index (χ3v) is 5.28. The second-order valence-corrected chi connectivity index (χ2v) is 6.77. The molecule has 0 bridgehead atoms. The molecule has 1 amide bonds. The number of hydrogen-bond acceptors (Lipinski definition) is 2. The largest absolute Gasteiger partial charge is 0.325 e. The molecule has 0 radical (unpaired) electrons. The Bertz CT molecular complexity index is 288. The average Bonchev–Trinajstić information content (AvgIpc) is 2.35. The summed E-state index contributed by atoms with van der Waals surface area (Å²) in [5.74, 6) is 1.39. The molecule has 0 aromatic carbocycles. The van der Waals surface area contributed by atoms with Gasteiger partial charge >= 0.3 is 0 Å². The number of thioether (sulfide) groups is 1. The third-order valence-electron chi connectivity index (χ3n) is 3.42. The van der Waals surface area contributed by atoms with Crippen molar-refractivity contribution in [1.82, 2.24) is 4.90 Å². The maximum Gasteiger partial charge on any atom is 0.230 e. The van der Waals surface area contributed by atoms with Crippen molar-refractivity contribution in [2.24, 2.45) is 11.8 Å². The van der Waals surface area contributed by atoms with Gasteiger partial charge in [0, 0.05) is 17.2 Å². The van der Waals surface area contributed by atoms with E-state index in [1.165, 1.54) is 0 Å². The number of nitrogens with zero attached hydrogens (tertiary/aromatic N) is 1. The van der Waals surface area contributed by atoms with Crippen molar-refractivity contribution in [2.45, 2.75) is 30.4 Å². The van der Waals surface area contributed by atoms with Crippen molar-refractivity contribution in [2.75, 3.05) is 6.54 Å². The fourth-order valence-electron chi connectivity index (χ4n) is 2.86. The summed E-state index contributed by atoms with van der Waals surface area (Å²) in [4.78, 5) is 13.8. The number of carbonyl (C=O) groups is 1. The molecule has 2 nitrogen and oxygen atoms in total. The van der Waals surface area contributed by atoms with Crippen LogP contribution in [-0.4, -0.2) is 27.0 Å². The molecule has 3 heteroatoms. The Morgan fingerprint density at radius 3 is 2.75 bits per heavy atom. The number of amides is 1. The van der Waals surface area contributed by atoms with Gasteiger partial charge in [0.25, 0.3) is 0 Å². The molecular weight excluding hydrogens is 170 g/mol. The lowest BCUT2D eigenvalue weighted by Crippen LogP contribution is -2.49. The van der Waals surface area contributed by atoms with Crippen molar-refractivity contribution in [3.05, 3.63) is 0 Å². The Morgan fingerprint density at radius 2 is 2.25 bits per heavy atom. The van der Waals surface area contributed by atoms with Crippen molar-refractivity contribution < 1.29 is 4.79 Å². The zero-order valence-electron chi connectivity index (χ0n) is 7.63. The molecule has 1 aliphatic carbocycles. The molecule has 2 saturated heterocycles. The van der Waals surface area contributed by atoms with E-state index in [1.807, 2.05) is 11.8 Å². The van der Waals surface area contributed by atoms with Gasteiger partial charge < -0.3 is 4.90 Å². The molecule has 1 spiro atoms. The van der Waals surface area contributed by atoms with Gasteiger partial charge in [0.2, 0.25) is 5.91 Å². The van der Waals surface area contributed by atoms with Crippen LogP contribution in [0, 0.1) is 11.8 Å². The van der Waals surface area contributed by atoms with Gasteiger partial charge in [-0.05, 0) is 13.8 Å². The Hall–Kier alpha value is -0.180. The Kier molecular flexibility index (Phi) is 0.945. The minimum Gasteiger partial charge on any atom is -0.325 e. The first kappa shape index (κ1) is 7.25. The maximum absolute atomic E-state index is 11.5. The van der Waals surface area contributed by atoms with E-state index in [2.05, 4.69) is 25.7 Å². The van der Waals surface area contributed by atoms with E-state index in [1.54, 1.807) is 0 Å². The molecule has 2 heterocycles. The van der Waals surface area contributed by atoms with Crippen molar-refractivity contribution in [1.29, 1.82) is 0 Å². The zero-order chi connectivity index (χ0) is 8.72. The summed E-state index contributed by atoms with van der Waals surface area (Å²) in [6, 6.07) is 0. The molecule has 3 aliphatic rings. The number of hydrogen-bond donors (Lipinski definition) is 0. The van der Waals surface area contributed by atoms with E-state index < -0.39 is 0 Å². The highest BCUT2D eigenvalue weighted by atomic mass is 32.2. The summed E-state index contributed by atoms with van der Waals surface area (Å²) in [6.07, 6.45) is 0. The van der Waals surface area contributed by atoms with Gasteiger partial charge in [-0.1, -0.05) is 6.92 Å². The van der Waals surface area contributed by atoms with Gasteiger partial charge in [-0.25, -0.2) is 0 Å². The molecule has 0 aromatic rings. The van der Waals surface area contributed by atoms with Crippen LogP contribution in [0.4, 0.5) is 0 Å². The van der Waals surface area contributed by atoms with Gasteiger partial charge in [-0.3, -0.25) is 4.79 Å². The lowest BCUT2D eigenvalue weighted by atomic mass is 10.1. The molecule has 66 valence electrons. The van der Waals surface area contributed by atoms with Crippen LogP contribution in [0.5, 0.6) is 0 Å². The van der Waals surface area contributed by atoms with Crippen LogP contribution < -0.4 is 0 Å². The summed E-state index contributed by atoms with van der Waals surface area (Å²) < 4.78 is 0.287. The van der Waals surface area contributed by atoms with E-state index in [4.69, 9.17) is 0 Å². The van der Waals surface area contributed by atoms with Gasteiger partial charge in [-0.15, -0.1) is 11.8 Å². The van der Waals surface area contributed by atoms with Crippen molar-refractivity contribution in [3.8, 4) is 0 Å². The summed E-state index contributed by atoms with van der Waals surface area (Å²) in [5.41, 5.74) is 0. The summed E-state index contributed by atoms with van der Waals surface area (Å²) >= 11 is 2.01. The highest BCUT2D eigenvalue weighted by Gasteiger charge is 2.83. The molecule has 0 aromatic heterocycles. The normalized spacial score (nSPS) is 52.9. The van der Waals surface area contributed by atoms with E-state index >= 15 is 0 Å². The first-order valence-corrected chi connectivity index (χ1v) is 5.32. The SMILES string of the molecule is C[C@H]1[C@H]2C(=O)N3CC(C)(C)SC213. The minimum absolute atomic E-state index is 0.264. The molecular formula is C9H13NOS. The van der Waals surface area contributed by atoms with Gasteiger partial charge in [0.1, 0.15) is 4.87 Å². The molecule has 3 atom stereocenters. The summed E-state index contributed by atoms with van der Waals surface area (Å²) in [6.45, 7) is 7.63. The molecule has 1 unspecified atom stereocenters. The van der Waals surface area contributed by atoms with Crippen LogP contribution in [0.2, 0.25) is 0 Å². The zero-order valence-corrected chi connectivity index (χ0v) is 8.44. The van der Waals surface area contributed by atoms with Crippen LogP contribution >= 0.6 is 11.8 Å². The van der Waals surface area contributed by atoms with E-state index in [0.717, 1.165) is 6.54 Å². The number of β-lactam (4-membered cyclic amide) rings is 1. The highest BCUT2D eigenvalue weighted by molar-refractivity contribution is 8.02. The topological polar surface area (TPSA) is 20.3 Å². The number of carbonyl (C=O) groups excluding carboxylic acids is 1. The first-order chi connectivity index (χ1) is 5.49. The van der Waals surface area contributed by atoms with E-state index in [9.17, 15) is 4.79 Å². The van der Waals surface area contributed by atoms with Gasteiger partial charge in [-0.2, -0.15) is 0 Å². The van der Waals surface area contributed by atoms with Crippen LogP contribution in [0.25, 0.3) is 0 Å². The number of rotatable bonds is 0. The quantitative estimate of drug-likeness (QED) is 0.528. The smallest absolute Gasteiger partial charge is 0.230 e. The monoisotopic (exact) mass is 183 g/mol. The van der Waals surface area contributed by atoms with Gasteiger partial charge in [0.05, 0.1) is 5.92 Å². The average molecular weight is 183 g/mol. The lowest BCUT2D eigenvalue weighted by molar-refractivity contribution is -0.141. The van der Waals surface area contributed by atoms with Crippen molar-refractivity contribution in [3.63, 3.8) is 0 Å². The second kappa shape index (κ2) is 1.57. The second-order valence-electron chi connectivity index (χ2n) is 4.80. The molecule has 3 fully saturated rings. The minimum atomic E-state index is 0.264. The lowest BCUT2D eigenvalue weighted by Gasteiger charge is -2.32. The van der Waals surface area contributed by atoms with Crippen LogP contribution in [0.1, 0.15) is 20.8 Å². The highest BCUT2D eigenvalue weighted by Crippen LogP contribution is 2.75. The first-order valence-electron chi connectivity index (χ1n) is 4.51. The van der Waals surface area contributed by atoms with Gasteiger partial charge in [0.15, 0.2) is 0 Å². The molecule has 12 heavy (non-hydrogen) atoms. The maximum atomic E-state index is 11.5. The fourth-order valence-corrected chi connectivity index (χ4v) is 4.89. The Balaban J connectivity index is 1.99. The van der Waals surface area contributed by atoms with Crippen LogP contribution in [-0.2, 0) is 4.79 Å². The summed E-state index contributed by atoms with van der Waals surface area (Å²) in [5, 5.41) is 0. The molecule has 0 N–H and O–H groups in total. The fraction of sp³-hybridized carbons (Fsp3) is 0.889. The Morgan fingerprint density at radius 1 is 1.58 bits per heavy atom. The predicted octanol–water partition coefficient (Wildman–Crippen LogP) is 1.32. The van der Waals surface area contributed by atoms with E-state index in [0.29, 0.717) is 17.7 Å².